The van der Waals surface area contributed by atoms with Gasteiger partial charge in [-0.2, -0.15) is 9.67 Å². The maximum absolute atomic E-state index is 12.5. The number of nitrogen functional groups attached to an aromatic ring is 1. The van der Waals surface area contributed by atoms with Gasteiger partial charge in [0.2, 0.25) is 11.9 Å². The van der Waals surface area contributed by atoms with E-state index in [4.69, 9.17) is 5.73 Å². The number of para-hydroxylation sites is 1. The average molecular weight is 372 g/mol. The minimum absolute atomic E-state index is 0.00114. The topological polar surface area (TPSA) is 132 Å². The van der Waals surface area contributed by atoms with Crippen LogP contribution in [0.25, 0.3) is 5.69 Å². The fourth-order valence-corrected chi connectivity index (χ4v) is 3.17. The van der Waals surface area contributed by atoms with Crippen molar-refractivity contribution < 1.29 is 13.2 Å². The van der Waals surface area contributed by atoms with Gasteiger partial charge in [-0.15, -0.1) is 5.10 Å². The molecule has 0 bridgehead atoms. The second-order valence-corrected chi connectivity index (χ2v) is 7.03. The Morgan fingerprint density at radius 3 is 2.35 bits per heavy atom. The number of carbonyl (C=O) groups is 1. The van der Waals surface area contributed by atoms with E-state index >= 15 is 0 Å². The monoisotopic (exact) mass is 372 g/mol. The SMILES string of the molecule is CC(=O)Nc1ccc(S(=O)(=O)Nc2nc(N)n(-c3ccccc3)n2)cc1. The zero-order valence-electron chi connectivity index (χ0n) is 13.7. The van der Waals surface area contributed by atoms with Crippen LogP contribution >= 0.6 is 0 Å². The standard InChI is InChI=1S/C16H16N6O3S/c1-11(23)18-12-7-9-14(10-8-12)26(24,25)21-16-19-15(17)22(20-16)13-5-3-2-4-6-13/h2-10H,1H3,(H,18,23)(H3,17,19,20,21). The van der Waals surface area contributed by atoms with Crippen molar-refractivity contribution in [1.29, 1.82) is 0 Å². The van der Waals surface area contributed by atoms with Gasteiger partial charge in [-0.05, 0) is 36.4 Å². The molecule has 134 valence electrons. The summed E-state index contributed by atoms with van der Waals surface area (Å²) in [6.45, 7) is 1.37. The van der Waals surface area contributed by atoms with E-state index < -0.39 is 10.0 Å². The summed E-state index contributed by atoms with van der Waals surface area (Å²) >= 11 is 0. The van der Waals surface area contributed by atoms with Crippen molar-refractivity contribution in [3.05, 3.63) is 54.6 Å². The molecular formula is C16H16N6O3S. The van der Waals surface area contributed by atoms with Crippen molar-refractivity contribution in [2.24, 2.45) is 0 Å². The molecule has 0 unspecified atom stereocenters. The number of nitrogens with two attached hydrogens (primary N) is 1. The smallest absolute Gasteiger partial charge is 0.264 e. The van der Waals surface area contributed by atoms with Crippen LogP contribution in [0, 0.1) is 0 Å². The van der Waals surface area contributed by atoms with Crippen LogP contribution in [-0.4, -0.2) is 29.1 Å². The molecular weight excluding hydrogens is 356 g/mol. The number of rotatable bonds is 5. The largest absolute Gasteiger partial charge is 0.368 e. The van der Waals surface area contributed by atoms with Crippen LogP contribution in [0.15, 0.2) is 59.5 Å². The van der Waals surface area contributed by atoms with E-state index in [1.807, 2.05) is 6.07 Å². The second-order valence-electron chi connectivity index (χ2n) is 5.35. The predicted molar refractivity (Wildman–Crippen MR) is 97.3 cm³/mol. The van der Waals surface area contributed by atoms with Gasteiger partial charge in [0.1, 0.15) is 0 Å². The summed E-state index contributed by atoms with van der Waals surface area (Å²) in [5.41, 5.74) is 6.96. The highest BCUT2D eigenvalue weighted by molar-refractivity contribution is 7.92. The normalized spacial score (nSPS) is 11.1. The summed E-state index contributed by atoms with van der Waals surface area (Å²) in [5, 5.41) is 6.64. The first-order valence-electron chi connectivity index (χ1n) is 7.53. The van der Waals surface area contributed by atoms with E-state index in [9.17, 15) is 13.2 Å². The summed E-state index contributed by atoms with van der Waals surface area (Å²) in [5.74, 6) is -0.336. The summed E-state index contributed by atoms with van der Waals surface area (Å²) < 4.78 is 28.5. The Hall–Kier alpha value is -3.40. The van der Waals surface area contributed by atoms with Gasteiger partial charge >= 0.3 is 0 Å². The van der Waals surface area contributed by atoms with Gasteiger partial charge in [-0.1, -0.05) is 18.2 Å². The lowest BCUT2D eigenvalue weighted by molar-refractivity contribution is -0.114. The lowest BCUT2D eigenvalue weighted by Crippen LogP contribution is -2.14. The molecule has 0 saturated carbocycles. The molecule has 1 amide bonds. The highest BCUT2D eigenvalue weighted by Crippen LogP contribution is 2.18. The van der Waals surface area contributed by atoms with E-state index in [1.165, 1.54) is 35.9 Å². The Kier molecular flexibility index (Phi) is 4.59. The fourth-order valence-electron chi connectivity index (χ4n) is 2.23. The van der Waals surface area contributed by atoms with Gasteiger partial charge in [0, 0.05) is 12.6 Å². The predicted octanol–water partition coefficient (Wildman–Crippen LogP) is 1.61. The van der Waals surface area contributed by atoms with Crippen LogP contribution in [0.2, 0.25) is 0 Å². The highest BCUT2D eigenvalue weighted by atomic mass is 32.2. The quantitative estimate of drug-likeness (QED) is 0.623. The molecule has 2 aromatic carbocycles. The van der Waals surface area contributed by atoms with Gasteiger partial charge < -0.3 is 11.1 Å². The van der Waals surface area contributed by atoms with Crippen molar-refractivity contribution in [3.63, 3.8) is 0 Å². The molecule has 0 fully saturated rings. The van der Waals surface area contributed by atoms with Crippen LogP contribution in [-0.2, 0) is 14.8 Å². The molecule has 1 aromatic heterocycles. The Labute approximate surface area is 149 Å². The summed E-state index contributed by atoms with van der Waals surface area (Å²) in [4.78, 5) is 15.0. The number of hydrogen-bond acceptors (Lipinski definition) is 6. The molecule has 0 aliphatic heterocycles. The van der Waals surface area contributed by atoms with E-state index in [1.54, 1.807) is 24.3 Å². The van der Waals surface area contributed by atoms with Crippen LogP contribution in [0.3, 0.4) is 0 Å². The van der Waals surface area contributed by atoms with Gasteiger partial charge in [-0.25, -0.2) is 13.1 Å². The molecule has 1 heterocycles. The first-order valence-corrected chi connectivity index (χ1v) is 9.02. The van der Waals surface area contributed by atoms with Crippen molar-refractivity contribution >= 4 is 33.5 Å². The van der Waals surface area contributed by atoms with E-state index in [-0.39, 0.29) is 22.7 Å². The summed E-state index contributed by atoms with van der Waals surface area (Å²) in [6, 6.07) is 14.7. The molecule has 3 aromatic rings. The van der Waals surface area contributed by atoms with E-state index in [0.717, 1.165) is 0 Å². The highest BCUT2D eigenvalue weighted by Gasteiger charge is 2.18. The zero-order chi connectivity index (χ0) is 18.7. The van der Waals surface area contributed by atoms with Gasteiger partial charge in [0.05, 0.1) is 10.6 Å². The molecule has 10 heteroatoms. The first kappa shape index (κ1) is 17.4. The molecule has 0 aliphatic rings. The third-order valence-electron chi connectivity index (χ3n) is 3.34. The third-order valence-corrected chi connectivity index (χ3v) is 4.69. The number of sulfonamides is 1. The molecule has 0 aliphatic carbocycles. The van der Waals surface area contributed by atoms with Crippen LogP contribution < -0.4 is 15.8 Å². The lowest BCUT2D eigenvalue weighted by atomic mass is 10.3. The van der Waals surface area contributed by atoms with Crippen LogP contribution in [0.5, 0.6) is 0 Å². The first-order chi connectivity index (χ1) is 12.3. The van der Waals surface area contributed by atoms with Gasteiger partial charge in [0.25, 0.3) is 16.0 Å². The average Bonchev–Trinajstić information content (AvgIpc) is 2.95. The number of benzene rings is 2. The van der Waals surface area contributed by atoms with Crippen molar-refractivity contribution in [1.82, 2.24) is 14.8 Å². The third kappa shape index (κ3) is 3.81. The van der Waals surface area contributed by atoms with Gasteiger partial charge in [0.15, 0.2) is 0 Å². The molecule has 0 atom stereocenters. The van der Waals surface area contributed by atoms with Crippen molar-refractivity contribution in [3.8, 4) is 5.69 Å². The maximum Gasteiger partial charge on any atom is 0.264 e. The molecule has 9 nitrogen and oxygen atoms in total. The molecule has 0 radical (unpaired) electrons. The molecule has 4 N–H and O–H groups in total. The number of carbonyl (C=O) groups excluding carboxylic acids is 1. The zero-order valence-corrected chi connectivity index (χ0v) is 14.6. The fraction of sp³-hybridized carbons (Fsp3) is 0.0625. The number of hydrogen-bond donors (Lipinski definition) is 3. The Balaban J connectivity index is 1.83. The number of aromatic nitrogens is 3. The number of nitrogens with one attached hydrogen (secondary N) is 2. The summed E-state index contributed by atoms with van der Waals surface area (Å²) in [7, 11) is -3.90. The van der Waals surface area contributed by atoms with Gasteiger partial charge in [-0.3, -0.25) is 4.79 Å². The number of amides is 1. The Bertz CT molecular complexity index is 1030. The van der Waals surface area contributed by atoms with E-state index in [2.05, 4.69) is 20.1 Å². The van der Waals surface area contributed by atoms with Crippen molar-refractivity contribution in [2.75, 3.05) is 15.8 Å². The maximum atomic E-state index is 12.5. The minimum atomic E-state index is -3.90. The van der Waals surface area contributed by atoms with E-state index in [0.29, 0.717) is 11.4 Å². The minimum Gasteiger partial charge on any atom is -0.368 e. The molecule has 0 saturated heterocycles. The summed E-state index contributed by atoms with van der Waals surface area (Å²) in [6.07, 6.45) is 0. The number of nitrogens with zero attached hydrogens (tertiary/aromatic N) is 3. The van der Waals surface area contributed by atoms with Crippen LogP contribution in [0.4, 0.5) is 17.6 Å². The Morgan fingerprint density at radius 2 is 1.73 bits per heavy atom. The number of anilines is 3. The molecule has 26 heavy (non-hydrogen) atoms. The molecule has 3 rings (SSSR count). The lowest BCUT2D eigenvalue weighted by Gasteiger charge is -2.06. The molecule has 0 spiro atoms. The second kappa shape index (κ2) is 6.84. The Morgan fingerprint density at radius 1 is 1.08 bits per heavy atom. The van der Waals surface area contributed by atoms with Crippen molar-refractivity contribution in [2.45, 2.75) is 11.8 Å². The van der Waals surface area contributed by atoms with Crippen LogP contribution in [0.1, 0.15) is 6.92 Å².